The van der Waals surface area contributed by atoms with Gasteiger partial charge in [0.15, 0.2) is 0 Å². The van der Waals surface area contributed by atoms with Crippen LogP contribution in [0.15, 0.2) is 12.1 Å². The van der Waals surface area contributed by atoms with E-state index in [1.165, 1.54) is 21.3 Å². The lowest BCUT2D eigenvalue weighted by atomic mass is 10.1. The molecule has 0 aromatic heterocycles. The van der Waals surface area contributed by atoms with E-state index in [2.05, 4.69) is 10.6 Å². The highest BCUT2D eigenvalue weighted by atomic mass is 16.6. The van der Waals surface area contributed by atoms with Crippen molar-refractivity contribution in [3.63, 3.8) is 0 Å². The number of amides is 2. The number of aliphatic hydroxyl groups is 1. The molecule has 0 saturated carbocycles. The monoisotopic (exact) mass is 498 g/mol. The molecule has 0 aliphatic heterocycles. The van der Waals surface area contributed by atoms with Crippen LogP contribution in [0.1, 0.15) is 53.5 Å². The molecule has 0 aliphatic carbocycles. The summed E-state index contributed by atoms with van der Waals surface area (Å²) in [6, 6.07) is 1.93. The van der Waals surface area contributed by atoms with Crippen LogP contribution in [0, 0.1) is 0 Å². The van der Waals surface area contributed by atoms with Crippen LogP contribution in [0.3, 0.4) is 0 Å². The van der Waals surface area contributed by atoms with Crippen LogP contribution in [-0.2, 0) is 25.6 Å². The van der Waals surface area contributed by atoms with Crippen molar-refractivity contribution in [2.45, 2.75) is 77.9 Å². The molecule has 0 bridgehead atoms. The molecule has 2 amide bonds. The molecule has 0 fully saturated rings. The minimum atomic E-state index is -1.64. The van der Waals surface area contributed by atoms with E-state index in [9.17, 15) is 19.5 Å². The minimum absolute atomic E-state index is 0.0389. The molecule has 0 aliphatic rings. The van der Waals surface area contributed by atoms with E-state index in [1.807, 2.05) is 0 Å². The smallest absolute Gasteiger partial charge is 0.408 e. The number of hydrogen-bond donors (Lipinski definition) is 3. The largest absolute Gasteiger partial charge is 0.496 e. The van der Waals surface area contributed by atoms with E-state index < -0.39 is 47.7 Å². The van der Waals surface area contributed by atoms with Gasteiger partial charge in [-0.3, -0.25) is 4.79 Å². The van der Waals surface area contributed by atoms with Gasteiger partial charge in [0.05, 0.1) is 33.4 Å². The van der Waals surface area contributed by atoms with Gasteiger partial charge >= 0.3 is 12.1 Å². The maximum atomic E-state index is 12.6. The predicted molar refractivity (Wildman–Crippen MR) is 128 cm³/mol. The van der Waals surface area contributed by atoms with Crippen LogP contribution in [0.4, 0.5) is 4.79 Å². The number of ether oxygens (including phenoxy) is 5. The van der Waals surface area contributed by atoms with Crippen LogP contribution in [0.5, 0.6) is 17.2 Å². The molecule has 0 saturated heterocycles. The number of carbonyl (C=O) groups excluding carboxylic acids is 3. The van der Waals surface area contributed by atoms with Gasteiger partial charge in [-0.25, -0.2) is 9.59 Å². The molecule has 0 unspecified atom stereocenters. The lowest BCUT2D eigenvalue weighted by Crippen LogP contribution is -2.49. The van der Waals surface area contributed by atoms with Crippen molar-refractivity contribution >= 4 is 18.0 Å². The topological polar surface area (TPSA) is 142 Å². The Labute approximate surface area is 206 Å². The third-order valence-corrected chi connectivity index (χ3v) is 4.40. The summed E-state index contributed by atoms with van der Waals surface area (Å²) in [4.78, 5) is 37.5. The third-order valence-electron chi connectivity index (χ3n) is 4.40. The number of hydrogen-bond acceptors (Lipinski definition) is 9. The molecule has 0 heterocycles. The molecule has 1 aromatic carbocycles. The normalized spacial score (nSPS) is 13.2. The SMILES string of the molecule is COc1cc(OC)c(CNC(=O)[C@H](O)C[C@H](NC(=O)OC(C)(C)C)C(=O)OC(C)(C)C)c(OC)c1. The Kier molecular flexibility index (Phi) is 10.6. The van der Waals surface area contributed by atoms with Gasteiger partial charge in [0.25, 0.3) is 0 Å². The van der Waals surface area contributed by atoms with Gasteiger partial charge < -0.3 is 39.4 Å². The van der Waals surface area contributed by atoms with E-state index >= 15 is 0 Å². The molecule has 198 valence electrons. The maximum absolute atomic E-state index is 12.6. The minimum Gasteiger partial charge on any atom is -0.496 e. The van der Waals surface area contributed by atoms with Crippen molar-refractivity contribution in [2.24, 2.45) is 0 Å². The van der Waals surface area contributed by atoms with E-state index in [1.54, 1.807) is 53.7 Å². The number of rotatable bonds is 10. The average Bonchev–Trinajstić information content (AvgIpc) is 2.73. The van der Waals surface area contributed by atoms with Crippen LogP contribution in [-0.4, -0.2) is 67.8 Å². The fourth-order valence-electron chi connectivity index (χ4n) is 2.91. The number of alkyl carbamates (subject to hydrolysis) is 1. The summed E-state index contributed by atoms with van der Waals surface area (Å²) in [5.74, 6) is -0.260. The molecule has 1 rings (SSSR count). The van der Waals surface area contributed by atoms with Crippen molar-refractivity contribution in [3.8, 4) is 17.2 Å². The molecule has 1 aromatic rings. The number of benzene rings is 1. The summed E-state index contributed by atoms with van der Waals surface area (Å²) in [6.07, 6.45) is -2.96. The third kappa shape index (κ3) is 10.3. The van der Waals surface area contributed by atoms with Gasteiger partial charge in [0.1, 0.15) is 40.6 Å². The molecule has 11 heteroatoms. The first-order valence-electron chi connectivity index (χ1n) is 11.1. The molecule has 0 radical (unpaired) electrons. The second-order valence-electron chi connectivity index (χ2n) is 9.71. The molecule has 35 heavy (non-hydrogen) atoms. The van der Waals surface area contributed by atoms with E-state index in [4.69, 9.17) is 23.7 Å². The van der Waals surface area contributed by atoms with Crippen molar-refractivity contribution in [2.75, 3.05) is 21.3 Å². The molecular formula is C24H38N2O9. The number of esters is 1. The van der Waals surface area contributed by atoms with Crippen molar-refractivity contribution in [1.29, 1.82) is 0 Å². The molecule has 11 nitrogen and oxygen atoms in total. The standard InChI is InChI=1S/C24H38N2O9/c1-23(2,3)34-21(29)16(26-22(30)35-24(4,5)6)12-17(27)20(28)25-13-15-18(32-8)10-14(31-7)11-19(15)33-9/h10-11,16-17,27H,12-13H2,1-9H3,(H,25,28)(H,26,30)/t16-,17+/m0/s1. The van der Waals surface area contributed by atoms with Crippen molar-refractivity contribution < 1.29 is 43.2 Å². The van der Waals surface area contributed by atoms with E-state index in [0.717, 1.165) is 0 Å². The zero-order valence-electron chi connectivity index (χ0n) is 21.9. The first kappa shape index (κ1) is 29.8. The number of methoxy groups -OCH3 is 3. The fourth-order valence-corrected chi connectivity index (χ4v) is 2.91. The zero-order valence-corrected chi connectivity index (χ0v) is 21.9. The van der Waals surface area contributed by atoms with Gasteiger partial charge in [0.2, 0.25) is 5.91 Å². The Balaban J connectivity index is 2.97. The summed E-state index contributed by atoms with van der Waals surface area (Å²) in [5.41, 5.74) is -1.14. The highest BCUT2D eigenvalue weighted by Crippen LogP contribution is 2.33. The first-order chi connectivity index (χ1) is 16.1. The summed E-state index contributed by atoms with van der Waals surface area (Å²) >= 11 is 0. The van der Waals surface area contributed by atoms with Crippen LogP contribution in [0.2, 0.25) is 0 Å². The summed E-state index contributed by atoms with van der Waals surface area (Å²) in [7, 11) is 4.42. The Bertz CT molecular complexity index is 863. The van der Waals surface area contributed by atoms with E-state index in [-0.39, 0.29) is 6.54 Å². The van der Waals surface area contributed by atoms with Gasteiger partial charge in [0, 0.05) is 18.6 Å². The Morgan fingerprint density at radius 2 is 1.40 bits per heavy atom. The quantitative estimate of drug-likeness (QED) is 0.414. The van der Waals surface area contributed by atoms with Gasteiger partial charge in [-0.2, -0.15) is 0 Å². The Morgan fingerprint density at radius 3 is 1.83 bits per heavy atom. The lowest BCUT2D eigenvalue weighted by Gasteiger charge is -2.27. The fraction of sp³-hybridized carbons (Fsp3) is 0.625. The maximum Gasteiger partial charge on any atom is 0.408 e. The van der Waals surface area contributed by atoms with Gasteiger partial charge in [-0.05, 0) is 41.5 Å². The van der Waals surface area contributed by atoms with E-state index in [0.29, 0.717) is 22.8 Å². The number of carbonyl (C=O) groups is 3. The van der Waals surface area contributed by atoms with Gasteiger partial charge in [-0.15, -0.1) is 0 Å². The molecule has 0 spiro atoms. The summed E-state index contributed by atoms with van der Waals surface area (Å²) in [5, 5.41) is 15.5. The molecular weight excluding hydrogens is 460 g/mol. The van der Waals surface area contributed by atoms with Crippen molar-refractivity contribution in [1.82, 2.24) is 10.6 Å². The van der Waals surface area contributed by atoms with Crippen LogP contribution >= 0.6 is 0 Å². The first-order valence-corrected chi connectivity index (χ1v) is 11.1. The van der Waals surface area contributed by atoms with Crippen LogP contribution in [0.25, 0.3) is 0 Å². The highest BCUT2D eigenvalue weighted by Gasteiger charge is 2.32. The van der Waals surface area contributed by atoms with Crippen molar-refractivity contribution in [3.05, 3.63) is 17.7 Å². The summed E-state index contributed by atoms with van der Waals surface area (Å²) < 4.78 is 26.4. The predicted octanol–water partition coefficient (Wildman–Crippen LogP) is 2.31. The highest BCUT2D eigenvalue weighted by molar-refractivity contribution is 5.85. The van der Waals surface area contributed by atoms with Gasteiger partial charge in [-0.1, -0.05) is 0 Å². The molecule has 2 atom stereocenters. The second-order valence-corrected chi connectivity index (χ2v) is 9.71. The Morgan fingerprint density at radius 1 is 0.886 bits per heavy atom. The zero-order chi connectivity index (χ0) is 27.0. The van der Waals surface area contributed by atoms with Crippen LogP contribution < -0.4 is 24.8 Å². The number of nitrogens with one attached hydrogen (secondary N) is 2. The summed E-state index contributed by atoms with van der Waals surface area (Å²) in [6.45, 7) is 9.94. The number of aliphatic hydroxyl groups excluding tert-OH is 1. The lowest BCUT2D eigenvalue weighted by molar-refractivity contribution is -0.158. The Hall–Kier alpha value is -3.21. The molecule has 3 N–H and O–H groups in total. The second kappa shape index (κ2) is 12.5. The average molecular weight is 499 g/mol.